The highest BCUT2D eigenvalue weighted by Crippen LogP contribution is 2.27. The molecule has 3 aromatic rings. The first kappa shape index (κ1) is 20.9. The average Bonchev–Trinajstić information content (AvgIpc) is 3.20. The van der Waals surface area contributed by atoms with Crippen molar-refractivity contribution in [2.45, 2.75) is 11.4 Å². The number of hydrogen-bond acceptors (Lipinski definition) is 4. The minimum absolute atomic E-state index is 0.0503. The van der Waals surface area contributed by atoms with Gasteiger partial charge in [0.15, 0.2) is 0 Å². The number of sulfonamides is 1. The molecule has 0 saturated carbocycles. The summed E-state index contributed by atoms with van der Waals surface area (Å²) in [4.78, 5) is 14.1. The van der Waals surface area contributed by atoms with Gasteiger partial charge in [-0.15, -0.1) is 0 Å². The molecule has 3 rings (SSSR count). The third-order valence-corrected chi connectivity index (χ3v) is 6.45. The fourth-order valence-electron chi connectivity index (χ4n) is 2.69. The highest BCUT2D eigenvalue weighted by molar-refractivity contribution is 7.92. The van der Waals surface area contributed by atoms with E-state index in [0.717, 1.165) is 4.31 Å². The molecule has 0 spiro atoms. The van der Waals surface area contributed by atoms with Gasteiger partial charge in [0.2, 0.25) is 0 Å². The van der Waals surface area contributed by atoms with E-state index in [-0.39, 0.29) is 27.7 Å². The van der Waals surface area contributed by atoms with Crippen LogP contribution in [0.15, 0.2) is 70.2 Å². The normalized spacial score (nSPS) is 11.3. The summed E-state index contributed by atoms with van der Waals surface area (Å²) in [5.74, 6) is -0.344. The average molecular weight is 437 g/mol. The van der Waals surface area contributed by atoms with Crippen LogP contribution in [0.2, 0.25) is 5.02 Å². The number of furan rings is 1. The zero-order valence-electron chi connectivity index (χ0n) is 15.7. The van der Waals surface area contributed by atoms with Crippen molar-refractivity contribution >= 4 is 33.2 Å². The molecular formula is C20H18ClFN2O4S. The highest BCUT2D eigenvalue weighted by Gasteiger charge is 2.25. The Labute approximate surface area is 173 Å². The molecule has 0 unspecified atom stereocenters. The Balaban J connectivity index is 1.91. The first-order valence-electron chi connectivity index (χ1n) is 8.52. The molecule has 2 aromatic carbocycles. The van der Waals surface area contributed by atoms with Gasteiger partial charge < -0.3 is 9.32 Å². The summed E-state index contributed by atoms with van der Waals surface area (Å²) in [6.07, 6.45) is 1.50. The highest BCUT2D eigenvalue weighted by atomic mass is 35.5. The molecule has 0 bridgehead atoms. The first-order valence-corrected chi connectivity index (χ1v) is 10.3. The number of nitrogens with zero attached hydrogens (tertiary/aromatic N) is 2. The lowest BCUT2D eigenvalue weighted by Crippen LogP contribution is -2.28. The van der Waals surface area contributed by atoms with E-state index in [1.54, 1.807) is 19.2 Å². The molecule has 9 heteroatoms. The van der Waals surface area contributed by atoms with Gasteiger partial charge in [0.25, 0.3) is 15.9 Å². The zero-order valence-corrected chi connectivity index (χ0v) is 17.2. The lowest BCUT2D eigenvalue weighted by atomic mass is 10.2. The molecule has 152 valence electrons. The molecule has 1 heterocycles. The Morgan fingerprint density at radius 3 is 2.41 bits per heavy atom. The fourth-order valence-corrected chi connectivity index (χ4v) is 4.11. The van der Waals surface area contributed by atoms with Gasteiger partial charge in [-0.25, -0.2) is 12.8 Å². The fraction of sp³-hybridized carbons (Fsp3) is 0.150. The second-order valence-electron chi connectivity index (χ2n) is 6.33. The van der Waals surface area contributed by atoms with Crippen molar-refractivity contribution in [3.8, 4) is 0 Å². The van der Waals surface area contributed by atoms with Gasteiger partial charge in [0, 0.05) is 14.1 Å². The van der Waals surface area contributed by atoms with Crippen molar-refractivity contribution in [2.75, 3.05) is 18.4 Å². The van der Waals surface area contributed by atoms with Crippen LogP contribution < -0.4 is 4.31 Å². The molecule has 0 atom stereocenters. The van der Waals surface area contributed by atoms with Crippen LogP contribution in [-0.2, 0) is 16.6 Å². The van der Waals surface area contributed by atoms with E-state index in [4.69, 9.17) is 16.0 Å². The van der Waals surface area contributed by atoms with E-state index in [9.17, 15) is 17.6 Å². The van der Waals surface area contributed by atoms with Crippen LogP contribution in [0.25, 0.3) is 0 Å². The predicted octanol–water partition coefficient (Wildman–Crippen LogP) is 4.17. The van der Waals surface area contributed by atoms with Crippen molar-refractivity contribution in [2.24, 2.45) is 0 Å². The van der Waals surface area contributed by atoms with E-state index in [2.05, 4.69) is 0 Å². The molecule has 0 aliphatic carbocycles. The monoisotopic (exact) mass is 436 g/mol. The molecule has 29 heavy (non-hydrogen) atoms. The van der Waals surface area contributed by atoms with E-state index < -0.39 is 21.7 Å². The maximum absolute atomic E-state index is 13.1. The van der Waals surface area contributed by atoms with Crippen molar-refractivity contribution in [3.63, 3.8) is 0 Å². The number of halogens is 2. The van der Waals surface area contributed by atoms with Gasteiger partial charge >= 0.3 is 0 Å². The van der Waals surface area contributed by atoms with Gasteiger partial charge in [-0.05, 0) is 54.6 Å². The smallest absolute Gasteiger partial charge is 0.264 e. The zero-order chi connectivity index (χ0) is 21.2. The summed E-state index contributed by atoms with van der Waals surface area (Å²) >= 11 is 6.16. The van der Waals surface area contributed by atoms with Crippen LogP contribution >= 0.6 is 11.6 Å². The maximum Gasteiger partial charge on any atom is 0.264 e. The van der Waals surface area contributed by atoms with Crippen LogP contribution in [0.4, 0.5) is 10.1 Å². The third-order valence-electron chi connectivity index (χ3n) is 4.34. The van der Waals surface area contributed by atoms with Gasteiger partial charge in [0.05, 0.1) is 34.0 Å². The quantitative estimate of drug-likeness (QED) is 0.581. The lowest BCUT2D eigenvalue weighted by molar-refractivity contribution is 0.0775. The Hall–Kier alpha value is -2.84. The van der Waals surface area contributed by atoms with E-state index in [0.29, 0.717) is 5.76 Å². The van der Waals surface area contributed by atoms with Crippen LogP contribution in [0.1, 0.15) is 16.1 Å². The van der Waals surface area contributed by atoms with Crippen molar-refractivity contribution in [3.05, 3.63) is 83.0 Å². The largest absolute Gasteiger partial charge is 0.467 e. The van der Waals surface area contributed by atoms with E-state index in [1.165, 1.54) is 60.7 Å². The number of anilines is 1. The molecule has 0 saturated heterocycles. The summed E-state index contributed by atoms with van der Waals surface area (Å²) in [5.41, 5.74) is 0.332. The van der Waals surface area contributed by atoms with Crippen molar-refractivity contribution in [1.82, 2.24) is 4.90 Å². The topological polar surface area (TPSA) is 70.8 Å². The number of rotatable bonds is 6. The Morgan fingerprint density at radius 1 is 1.10 bits per heavy atom. The molecule has 1 amide bonds. The summed E-state index contributed by atoms with van der Waals surface area (Å²) in [6, 6.07) is 12.4. The molecule has 6 nitrogen and oxygen atoms in total. The van der Waals surface area contributed by atoms with Gasteiger partial charge in [-0.1, -0.05) is 11.6 Å². The summed E-state index contributed by atoms with van der Waals surface area (Å²) < 4.78 is 45.3. The van der Waals surface area contributed by atoms with Crippen molar-refractivity contribution in [1.29, 1.82) is 0 Å². The molecule has 0 N–H and O–H groups in total. The molecule has 1 aromatic heterocycles. The van der Waals surface area contributed by atoms with Crippen LogP contribution in [0, 0.1) is 5.82 Å². The van der Waals surface area contributed by atoms with E-state index >= 15 is 0 Å². The third kappa shape index (κ3) is 4.44. The Bertz CT molecular complexity index is 1120. The second kappa shape index (κ2) is 8.26. The van der Waals surface area contributed by atoms with Crippen LogP contribution in [-0.4, -0.2) is 33.3 Å². The summed E-state index contributed by atoms with van der Waals surface area (Å²) in [7, 11) is -1.08. The van der Waals surface area contributed by atoms with Gasteiger partial charge in [0.1, 0.15) is 11.6 Å². The predicted molar refractivity (Wildman–Crippen MR) is 108 cm³/mol. The van der Waals surface area contributed by atoms with Crippen LogP contribution in [0.5, 0.6) is 0 Å². The summed E-state index contributed by atoms with van der Waals surface area (Å²) in [6.45, 7) is 0.203. The SMILES string of the molecule is CN(Cc1ccco1)C(=O)c1cc(S(=O)(=O)N(C)c2ccc(F)cc2)ccc1Cl. The van der Waals surface area contributed by atoms with Gasteiger partial charge in [-0.2, -0.15) is 0 Å². The Morgan fingerprint density at radius 2 is 1.79 bits per heavy atom. The summed E-state index contributed by atoms with van der Waals surface area (Å²) in [5, 5.41) is 0.129. The minimum Gasteiger partial charge on any atom is -0.467 e. The number of benzene rings is 2. The van der Waals surface area contributed by atoms with Crippen molar-refractivity contribution < 1.29 is 22.0 Å². The maximum atomic E-state index is 13.1. The number of amides is 1. The molecule has 0 radical (unpaired) electrons. The number of hydrogen-bond donors (Lipinski definition) is 0. The number of carbonyl (C=O) groups excluding carboxylic acids is 1. The minimum atomic E-state index is -3.99. The van der Waals surface area contributed by atoms with Gasteiger partial charge in [-0.3, -0.25) is 9.10 Å². The second-order valence-corrected chi connectivity index (χ2v) is 8.71. The van der Waals surface area contributed by atoms with E-state index in [1.807, 2.05) is 0 Å². The molecule has 0 aliphatic heterocycles. The molecule has 0 aliphatic rings. The lowest BCUT2D eigenvalue weighted by Gasteiger charge is -2.21. The molecular weight excluding hydrogens is 419 g/mol. The van der Waals surface area contributed by atoms with Crippen LogP contribution in [0.3, 0.4) is 0 Å². The standard InChI is InChI=1S/C20H18ClFN2O4S/c1-23(13-16-4-3-11-28-16)20(25)18-12-17(9-10-19(18)21)29(26,27)24(2)15-7-5-14(22)6-8-15/h3-12H,13H2,1-2H3. The number of carbonyl (C=O) groups is 1. The first-order chi connectivity index (χ1) is 13.7. The Kier molecular flexibility index (Phi) is 5.95. The molecule has 0 fully saturated rings.